The quantitative estimate of drug-likeness (QED) is 0.332. The number of hydrogen-bond acceptors (Lipinski definition) is 4. The van der Waals surface area contributed by atoms with Crippen LogP contribution in [0.15, 0.2) is 5.11 Å². The summed E-state index contributed by atoms with van der Waals surface area (Å²) in [6, 6.07) is -0.502. The van der Waals surface area contributed by atoms with Crippen molar-refractivity contribution in [2.24, 2.45) is 11.0 Å². The van der Waals surface area contributed by atoms with Crippen molar-refractivity contribution in [2.45, 2.75) is 38.3 Å². The van der Waals surface area contributed by atoms with Crippen LogP contribution in [0.25, 0.3) is 10.4 Å². The Kier molecular flexibility index (Phi) is 4.39. The average molecular weight is 213 g/mol. The molecule has 1 rings (SSSR count). The van der Waals surface area contributed by atoms with E-state index in [1.807, 2.05) is 0 Å². The molecule has 1 fully saturated rings. The maximum Gasteiger partial charge on any atom is 0.308 e. The lowest BCUT2D eigenvalue weighted by Gasteiger charge is -2.28. The van der Waals surface area contributed by atoms with Crippen LogP contribution in [0.4, 0.5) is 0 Å². The van der Waals surface area contributed by atoms with Gasteiger partial charge in [0.25, 0.3) is 0 Å². The van der Waals surface area contributed by atoms with Gasteiger partial charge < -0.3 is 9.84 Å². The topological polar surface area (TPSA) is 95.3 Å². The van der Waals surface area contributed by atoms with E-state index >= 15 is 0 Å². The number of esters is 1. The van der Waals surface area contributed by atoms with Crippen molar-refractivity contribution < 1.29 is 14.6 Å². The molecule has 1 aliphatic carbocycles. The first-order valence-electron chi connectivity index (χ1n) is 5.08. The summed E-state index contributed by atoms with van der Waals surface area (Å²) in [4.78, 5) is 14.1. The summed E-state index contributed by atoms with van der Waals surface area (Å²) in [6.07, 6.45) is 0.820. The fraction of sp³-hybridized carbons (Fsp3) is 0.889. The summed E-state index contributed by atoms with van der Waals surface area (Å²) in [5.74, 6) is -0.508. The molecule has 0 aromatic heterocycles. The fourth-order valence-corrected chi connectivity index (χ4v) is 1.80. The molecule has 1 aliphatic rings. The SMILES string of the molecule is CCOC(=O)[C@@H]1CC[C@H](O)C(N=[N+]=[N-])C1. The number of aliphatic hydroxyl groups is 1. The summed E-state index contributed by atoms with van der Waals surface area (Å²) < 4.78 is 4.89. The van der Waals surface area contributed by atoms with Gasteiger partial charge in [0, 0.05) is 4.91 Å². The summed E-state index contributed by atoms with van der Waals surface area (Å²) in [6.45, 7) is 2.10. The van der Waals surface area contributed by atoms with Gasteiger partial charge in [-0.25, -0.2) is 0 Å². The van der Waals surface area contributed by atoms with E-state index in [2.05, 4.69) is 10.0 Å². The van der Waals surface area contributed by atoms with Crippen molar-refractivity contribution in [3.63, 3.8) is 0 Å². The normalized spacial score (nSPS) is 30.4. The molecule has 1 N–H and O–H groups in total. The third kappa shape index (κ3) is 3.11. The molecule has 1 saturated carbocycles. The molecule has 0 spiro atoms. The smallest absolute Gasteiger partial charge is 0.308 e. The van der Waals surface area contributed by atoms with Crippen LogP contribution in [0.5, 0.6) is 0 Å². The van der Waals surface area contributed by atoms with Gasteiger partial charge in [-0.1, -0.05) is 5.11 Å². The zero-order valence-corrected chi connectivity index (χ0v) is 8.67. The van der Waals surface area contributed by atoms with E-state index in [4.69, 9.17) is 10.3 Å². The van der Waals surface area contributed by atoms with Crippen molar-refractivity contribution in [3.8, 4) is 0 Å². The van der Waals surface area contributed by atoms with E-state index in [9.17, 15) is 9.90 Å². The number of hydrogen-bond donors (Lipinski definition) is 1. The van der Waals surface area contributed by atoms with Gasteiger partial charge in [-0.15, -0.1) is 0 Å². The lowest BCUT2D eigenvalue weighted by atomic mass is 9.84. The van der Waals surface area contributed by atoms with E-state index in [0.717, 1.165) is 0 Å². The summed E-state index contributed by atoms with van der Waals surface area (Å²) in [7, 11) is 0. The highest BCUT2D eigenvalue weighted by Gasteiger charge is 2.32. The number of aliphatic hydroxyl groups excluding tert-OH is 1. The van der Waals surface area contributed by atoms with Gasteiger partial charge in [0.05, 0.1) is 24.7 Å². The fourth-order valence-electron chi connectivity index (χ4n) is 1.80. The molecule has 84 valence electrons. The lowest BCUT2D eigenvalue weighted by molar-refractivity contribution is -0.150. The predicted molar refractivity (Wildman–Crippen MR) is 52.9 cm³/mol. The molecule has 0 aromatic carbocycles. The van der Waals surface area contributed by atoms with E-state index in [-0.39, 0.29) is 11.9 Å². The number of carbonyl (C=O) groups is 1. The van der Waals surface area contributed by atoms with Gasteiger partial charge >= 0.3 is 5.97 Å². The standard InChI is InChI=1S/C9H15N3O3/c1-2-15-9(14)6-3-4-8(13)7(5-6)11-12-10/h6-8,13H,2-5H2,1H3/t6-,7?,8+/m1/s1. The molecule has 0 bridgehead atoms. The van der Waals surface area contributed by atoms with Gasteiger partial charge in [-0.05, 0) is 31.7 Å². The van der Waals surface area contributed by atoms with Gasteiger partial charge in [0.2, 0.25) is 0 Å². The van der Waals surface area contributed by atoms with Crippen LogP contribution < -0.4 is 0 Å². The van der Waals surface area contributed by atoms with Gasteiger partial charge in [0.1, 0.15) is 0 Å². The van der Waals surface area contributed by atoms with Crippen LogP contribution in [-0.4, -0.2) is 29.8 Å². The highest BCUT2D eigenvalue weighted by Crippen LogP contribution is 2.27. The molecule has 6 nitrogen and oxygen atoms in total. The van der Waals surface area contributed by atoms with Crippen molar-refractivity contribution in [1.82, 2.24) is 0 Å². The molecule has 15 heavy (non-hydrogen) atoms. The molecule has 0 aromatic rings. The number of azide groups is 1. The Morgan fingerprint density at radius 3 is 3.00 bits per heavy atom. The molecule has 0 amide bonds. The van der Waals surface area contributed by atoms with Crippen LogP contribution in [0.2, 0.25) is 0 Å². The molecular weight excluding hydrogens is 198 g/mol. The third-order valence-electron chi connectivity index (χ3n) is 2.60. The summed E-state index contributed by atoms with van der Waals surface area (Å²) >= 11 is 0. The molecule has 6 heteroatoms. The van der Waals surface area contributed by atoms with Crippen molar-refractivity contribution in [1.29, 1.82) is 0 Å². The molecule has 0 radical (unpaired) electrons. The first-order valence-corrected chi connectivity index (χ1v) is 5.08. The summed E-state index contributed by atoms with van der Waals surface area (Å²) in [5, 5.41) is 13.0. The Morgan fingerprint density at radius 2 is 2.40 bits per heavy atom. The minimum Gasteiger partial charge on any atom is -0.466 e. The first kappa shape index (κ1) is 11.8. The van der Waals surface area contributed by atoms with E-state index in [0.29, 0.717) is 25.9 Å². The summed E-state index contributed by atoms with van der Waals surface area (Å²) in [5.41, 5.74) is 8.30. The zero-order chi connectivity index (χ0) is 11.3. The van der Waals surface area contributed by atoms with Crippen molar-refractivity contribution >= 4 is 5.97 Å². The van der Waals surface area contributed by atoms with E-state index in [1.165, 1.54) is 0 Å². The molecule has 0 heterocycles. The van der Waals surface area contributed by atoms with Crippen LogP contribution in [0.1, 0.15) is 26.2 Å². The van der Waals surface area contributed by atoms with Gasteiger partial charge in [-0.2, -0.15) is 0 Å². The molecule has 3 atom stereocenters. The second-order valence-corrected chi connectivity index (χ2v) is 3.60. The number of carbonyl (C=O) groups excluding carboxylic acids is 1. The molecular formula is C9H15N3O3. The second kappa shape index (κ2) is 5.58. The van der Waals surface area contributed by atoms with Crippen molar-refractivity contribution in [3.05, 3.63) is 10.4 Å². The third-order valence-corrected chi connectivity index (χ3v) is 2.60. The first-order chi connectivity index (χ1) is 7.19. The highest BCUT2D eigenvalue weighted by atomic mass is 16.5. The van der Waals surface area contributed by atoms with E-state index < -0.39 is 12.1 Å². The van der Waals surface area contributed by atoms with Crippen LogP contribution in [0.3, 0.4) is 0 Å². The number of ether oxygens (including phenoxy) is 1. The maximum absolute atomic E-state index is 11.4. The predicted octanol–water partition coefficient (Wildman–Crippen LogP) is 1.39. The Labute approximate surface area is 87.9 Å². The Morgan fingerprint density at radius 1 is 1.67 bits per heavy atom. The monoisotopic (exact) mass is 213 g/mol. The maximum atomic E-state index is 11.4. The molecule has 1 unspecified atom stereocenters. The van der Waals surface area contributed by atoms with Crippen LogP contribution in [-0.2, 0) is 9.53 Å². The molecule has 0 saturated heterocycles. The van der Waals surface area contributed by atoms with Gasteiger partial charge in [-0.3, -0.25) is 4.79 Å². The number of nitrogens with zero attached hydrogens (tertiary/aromatic N) is 3. The Hall–Kier alpha value is -1.26. The minimum absolute atomic E-state index is 0.246. The average Bonchev–Trinajstić information content (AvgIpc) is 2.22. The lowest BCUT2D eigenvalue weighted by Crippen LogP contribution is -2.35. The second-order valence-electron chi connectivity index (χ2n) is 3.60. The van der Waals surface area contributed by atoms with Crippen LogP contribution >= 0.6 is 0 Å². The van der Waals surface area contributed by atoms with Crippen LogP contribution in [0, 0.1) is 5.92 Å². The van der Waals surface area contributed by atoms with Crippen molar-refractivity contribution in [2.75, 3.05) is 6.61 Å². The number of rotatable bonds is 3. The van der Waals surface area contributed by atoms with E-state index in [1.54, 1.807) is 6.92 Å². The highest BCUT2D eigenvalue weighted by molar-refractivity contribution is 5.72. The molecule has 0 aliphatic heterocycles. The minimum atomic E-state index is -0.633. The largest absolute Gasteiger partial charge is 0.466 e. The zero-order valence-electron chi connectivity index (χ0n) is 8.67. The van der Waals surface area contributed by atoms with Gasteiger partial charge in [0.15, 0.2) is 0 Å². The Balaban J connectivity index is 2.57. The Bertz CT molecular complexity index is 276.